The van der Waals surface area contributed by atoms with E-state index >= 15 is 0 Å². The number of aromatic nitrogens is 2. The van der Waals surface area contributed by atoms with E-state index in [0.29, 0.717) is 18.5 Å². The Morgan fingerprint density at radius 1 is 1.00 bits per heavy atom. The Hall–Kier alpha value is -3.61. The van der Waals surface area contributed by atoms with Crippen LogP contribution in [0.25, 0.3) is 0 Å². The van der Waals surface area contributed by atoms with Gasteiger partial charge in [-0.1, -0.05) is 55.3 Å². The van der Waals surface area contributed by atoms with Crippen molar-refractivity contribution >= 4 is 29.2 Å². The molecule has 3 aromatic rings. The third kappa shape index (κ3) is 4.23. The highest BCUT2D eigenvalue weighted by Gasteiger charge is 2.39. The van der Waals surface area contributed by atoms with Gasteiger partial charge in [0.25, 0.3) is 0 Å². The van der Waals surface area contributed by atoms with Crippen molar-refractivity contribution in [3.8, 4) is 0 Å². The molecule has 1 fully saturated rings. The molecule has 0 unspecified atom stereocenters. The van der Waals surface area contributed by atoms with E-state index in [1.807, 2.05) is 18.0 Å². The Bertz CT molecular complexity index is 1110. The van der Waals surface area contributed by atoms with Crippen molar-refractivity contribution < 1.29 is 4.79 Å². The van der Waals surface area contributed by atoms with E-state index in [1.165, 1.54) is 24.0 Å². The Morgan fingerprint density at radius 2 is 1.70 bits per heavy atom. The summed E-state index contributed by atoms with van der Waals surface area (Å²) in [4.78, 5) is 24.0. The maximum Gasteiger partial charge on any atom is 0.343 e. The monoisotopic (exact) mass is 442 g/mol. The van der Waals surface area contributed by atoms with Gasteiger partial charge < -0.3 is 5.32 Å². The molecule has 2 aromatic carbocycles. The number of amides is 2. The number of benzene rings is 2. The van der Waals surface area contributed by atoms with Crippen LogP contribution in [0.1, 0.15) is 43.7 Å². The molecule has 1 N–H and O–H groups in total. The lowest BCUT2D eigenvalue weighted by Gasteiger charge is -2.45. The van der Waals surface area contributed by atoms with Crippen LogP contribution in [0.15, 0.2) is 60.8 Å². The number of hydrogen-bond acceptors (Lipinski definition) is 5. The third-order valence-electron chi connectivity index (χ3n) is 6.53. The summed E-state index contributed by atoms with van der Waals surface area (Å²) in [6, 6.07) is 19.1. The number of urea groups is 1. The van der Waals surface area contributed by atoms with Crippen molar-refractivity contribution in [2.45, 2.75) is 45.1 Å². The number of carbonyl (C=O) groups is 1. The average Bonchev–Trinajstić information content (AvgIpc) is 3.37. The van der Waals surface area contributed by atoms with E-state index in [2.05, 4.69) is 63.8 Å². The van der Waals surface area contributed by atoms with Crippen molar-refractivity contribution in [2.75, 3.05) is 28.8 Å². The van der Waals surface area contributed by atoms with E-state index < -0.39 is 0 Å². The van der Waals surface area contributed by atoms with Crippen LogP contribution in [0.4, 0.5) is 27.9 Å². The Balaban J connectivity index is 1.39. The lowest BCUT2D eigenvalue weighted by atomic mass is 10.0. The molecule has 0 radical (unpaired) electrons. The molecule has 2 aliphatic rings. The predicted octanol–water partition coefficient (Wildman–Crippen LogP) is 5.37. The fourth-order valence-corrected chi connectivity index (χ4v) is 4.79. The van der Waals surface area contributed by atoms with Crippen LogP contribution in [0.5, 0.6) is 0 Å². The van der Waals surface area contributed by atoms with Crippen LogP contribution in [0, 0.1) is 0 Å². The topological polar surface area (TPSA) is 64.6 Å². The van der Waals surface area contributed by atoms with Gasteiger partial charge in [0.05, 0.1) is 12.2 Å². The number of nitrogens with one attached hydrogen (secondary N) is 1. The smallest absolute Gasteiger partial charge is 0.324 e. The third-order valence-corrected chi connectivity index (χ3v) is 6.53. The molecule has 33 heavy (non-hydrogen) atoms. The first-order valence-corrected chi connectivity index (χ1v) is 11.8. The summed E-state index contributed by atoms with van der Waals surface area (Å²) in [5, 5.41) is 7.27. The van der Waals surface area contributed by atoms with Gasteiger partial charge in [-0.2, -0.15) is 4.98 Å². The normalized spacial score (nSPS) is 16.3. The van der Waals surface area contributed by atoms with Gasteiger partial charge in [-0.15, -0.1) is 0 Å². The van der Waals surface area contributed by atoms with Gasteiger partial charge in [-0.3, -0.25) is 9.91 Å². The zero-order valence-corrected chi connectivity index (χ0v) is 19.2. The van der Waals surface area contributed by atoms with Gasteiger partial charge in [0.15, 0.2) is 5.82 Å². The molecule has 7 nitrogen and oxygen atoms in total. The number of hydrogen-bond donors (Lipinski definition) is 1. The van der Waals surface area contributed by atoms with Crippen molar-refractivity contribution in [3.05, 3.63) is 71.9 Å². The standard InChI is InChI=1S/C26H30N6O/c1-3-31-26(33)30(2)23-18-27-25(29-24(23)32(31)22-11-7-8-12-22)28-21-15-13-20(14-16-21)17-19-9-5-4-6-10-19/h4-6,9-10,13-16,18,22H,3,7-8,11-12,17H2,1-2H3,(H,27,28,29). The first kappa shape index (κ1) is 21.2. The minimum Gasteiger partial charge on any atom is -0.324 e. The van der Waals surface area contributed by atoms with Gasteiger partial charge in [0, 0.05) is 19.3 Å². The van der Waals surface area contributed by atoms with Gasteiger partial charge in [-0.05, 0) is 49.4 Å². The maximum atomic E-state index is 13.0. The van der Waals surface area contributed by atoms with Crippen LogP contribution in [-0.4, -0.2) is 40.6 Å². The van der Waals surface area contributed by atoms with Gasteiger partial charge >= 0.3 is 6.03 Å². The second-order valence-electron chi connectivity index (χ2n) is 8.73. The predicted molar refractivity (Wildman–Crippen MR) is 132 cm³/mol. The molecule has 0 spiro atoms. The molecule has 0 bridgehead atoms. The largest absolute Gasteiger partial charge is 0.343 e. The molecule has 1 aliphatic carbocycles. The number of fused-ring (bicyclic) bond motifs is 1. The molecule has 2 amide bonds. The molecule has 1 aromatic heterocycles. The number of nitrogens with zero attached hydrogens (tertiary/aromatic N) is 5. The summed E-state index contributed by atoms with van der Waals surface area (Å²) in [6.45, 7) is 2.62. The minimum absolute atomic E-state index is 0.0322. The highest BCUT2D eigenvalue weighted by atomic mass is 16.2. The van der Waals surface area contributed by atoms with Crippen molar-refractivity contribution in [1.29, 1.82) is 0 Å². The van der Waals surface area contributed by atoms with Crippen molar-refractivity contribution in [3.63, 3.8) is 0 Å². The molecule has 1 saturated carbocycles. The fourth-order valence-electron chi connectivity index (χ4n) is 4.79. The summed E-state index contributed by atoms with van der Waals surface area (Å²) in [5.74, 6) is 1.33. The highest BCUT2D eigenvalue weighted by molar-refractivity contribution is 5.98. The van der Waals surface area contributed by atoms with E-state index in [4.69, 9.17) is 4.98 Å². The number of hydrazine groups is 1. The van der Waals surface area contributed by atoms with Crippen LogP contribution in [-0.2, 0) is 6.42 Å². The minimum atomic E-state index is -0.0322. The Labute approximate surface area is 195 Å². The first-order valence-electron chi connectivity index (χ1n) is 11.8. The second kappa shape index (κ2) is 9.10. The SMILES string of the molecule is CCN1C(=O)N(C)c2cnc(Nc3ccc(Cc4ccccc4)cc3)nc2N1C1CCCC1. The molecular formula is C26H30N6O. The molecule has 0 saturated heterocycles. The summed E-state index contributed by atoms with van der Waals surface area (Å²) in [6.07, 6.45) is 7.17. The molecule has 0 atom stereocenters. The van der Waals surface area contributed by atoms with E-state index in [-0.39, 0.29) is 6.03 Å². The second-order valence-corrected chi connectivity index (χ2v) is 8.73. The van der Waals surface area contributed by atoms with Crippen LogP contribution < -0.4 is 15.2 Å². The molecular weight excluding hydrogens is 412 g/mol. The first-order chi connectivity index (χ1) is 16.1. The fraction of sp³-hybridized carbons (Fsp3) is 0.346. The van der Waals surface area contributed by atoms with Gasteiger partial charge in [0.1, 0.15) is 5.69 Å². The van der Waals surface area contributed by atoms with E-state index in [9.17, 15) is 4.79 Å². The molecule has 5 rings (SSSR count). The summed E-state index contributed by atoms with van der Waals surface area (Å²) in [5.41, 5.74) is 4.23. The van der Waals surface area contributed by atoms with Crippen LogP contribution in [0.3, 0.4) is 0 Å². The van der Waals surface area contributed by atoms with Crippen molar-refractivity contribution in [2.24, 2.45) is 0 Å². The Morgan fingerprint density at radius 3 is 2.39 bits per heavy atom. The zero-order chi connectivity index (χ0) is 22.8. The average molecular weight is 443 g/mol. The molecule has 7 heteroatoms. The lowest BCUT2D eigenvalue weighted by molar-refractivity contribution is 0.191. The molecule has 170 valence electrons. The zero-order valence-electron chi connectivity index (χ0n) is 19.2. The van der Waals surface area contributed by atoms with E-state index in [1.54, 1.807) is 18.1 Å². The number of rotatable bonds is 6. The Kier molecular flexibility index (Phi) is 5.86. The van der Waals surface area contributed by atoms with Crippen LogP contribution in [0.2, 0.25) is 0 Å². The summed E-state index contributed by atoms with van der Waals surface area (Å²) >= 11 is 0. The van der Waals surface area contributed by atoms with Gasteiger partial charge in [-0.25, -0.2) is 14.8 Å². The highest BCUT2D eigenvalue weighted by Crippen LogP contribution is 2.38. The number of anilines is 4. The number of carbonyl (C=O) groups excluding carboxylic acids is 1. The van der Waals surface area contributed by atoms with Gasteiger partial charge in [0.2, 0.25) is 5.95 Å². The molecule has 2 heterocycles. The maximum absolute atomic E-state index is 13.0. The van der Waals surface area contributed by atoms with E-state index in [0.717, 1.165) is 36.5 Å². The van der Waals surface area contributed by atoms with Crippen molar-refractivity contribution in [1.82, 2.24) is 15.0 Å². The summed E-state index contributed by atoms with van der Waals surface area (Å²) in [7, 11) is 1.79. The van der Waals surface area contributed by atoms with Crippen LogP contribution >= 0.6 is 0 Å². The quantitative estimate of drug-likeness (QED) is 0.556. The lowest BCUT2D eigenvalue weighted by Crippen LogP contribution is -2.59. The summed E-state index contributed by atoms with van der Waals surface area (Å²) < 4.78 is 0. The molecule has 1 aliphatic heterocycles.